The van der Waals surface area contributed by atoms with Crippen LogP contribution in [0, 0.1) is 6.92 Å². The summed E-state index contributed by atoms with van der Waals surface area (Å²) in [5.41, 5.74) is 2.69. The number of urea groups is 1. The zero-order valence-electron chi connectivity index (χ0n) is 11.1. The van der Waals surface area contributed by atoms with Gasteiger partial charge in [0.2, 0.25) is 0 Å². The van der Waals surface area contributed by atoms with E-state index in [-0.39, 0.29) is 5.57 Å². The van der Waals surface area contributed by atoms with Crippen LogP contribution >= 0.6 is 0 Å². The molecule has 2 amide bonds. The Morgan fingerprint density at radius 2 is 1.95 bits per heavy atom. The molecule has 0 heterocycles. The molecule has 0 radical (unpaired) electrons. The Labute approximate surface area is 117 Å². The van der Waals surface area contributed by atoms with E-state index in [1.807, 2.05) is 31.2 Å². The van der Waals surface area contributed by atoms with E-state index in [0.717, 1.165) is 11.1 Å². The Morgan fingerprint density at radius 1 is 1.25 bits per heavy atom. The summed E-state index contributed by atoms with van der Waals surface area (Å²) < 4.78 is 0. The van der Waals surface area contributed by atoms with Crippen LogP contribution in [0.25, 0.3) is 0 Å². The number of amides is 2. The summed E-state index contributed by atoms with van der Waals surface area (Å²) in [7, 11) is 0. The highest BCUT2D eigenvalue weighted by Gasteiger charge is 2.17. The average Bonchev–Trinajstić information content (AvgIpc) is 2.86. The van der Waals surface area contributed by atoms with Crippen LogP contribution in [-0.2, 0) is 11.3 Å². The molecule has 0 aromatic heterocycles. The summed E-state index contributed by atoms with van der Waals surface area (Å²) in [6.07, 6.45) is 3.65. The Balaban J connectivity index is 1.90. The highest BCUT2D eigenvalue weighted by molar-refractivity contribution is 5.91. The minimum absolute atomic E-state index is 0.204. The number of carbonyl (C=O) groups excluding carboxylic acids is 1. The predicted molar refractivity (Wildman–Crippen MR) is 75.0 cm³/mol. The lowest BCUT2D eigenvalue weighted by Gasteiger charge is -2.09. The van der Waals surface area contributed by atoms with Crippen molar-refractivity contribution in [3.05, 3.63) is 58.8 Å². The highest BCUT2D eigenvalue weighted by atomic mass is 16.4. The molecule has 2 rings (SSSR count). The largest absolute Gasteiger partial charge is 0.478 e. The number of benzene rings is 1. The number of allylic oxidation sites excluding steroid dienone is 2. The van der Waals surface area contributed by atoms with Gasteiger partial charge in [0.1, 0.15) is 0 Å². The molecule has 0 spiro atoms. The molecule has 1 aliphatic carbocycles. The van der Waals surface area contributed by atoms with E-state index in [9.17, 15) is 9.59 Å². The third kappa shape index (κ3) is 3.47. The van der Waals surface area contributed by atoms with Gasteiger partial charge in [-0.3, -0.25) is 0 Å². The van der Waals surface area contributed by atoms with Gasteiger partial charge in [0.15, 0.2) is 0 Å². The first-order valence-corrected chi connectivity index (χ1v) is 6.29. The van der Waals surface area contributed by atoms with Gasteiger partial charge in [-0.1, -0.05) is 35.9 Å². The minimum Gasteiger partial charge on any atom is -0.478 e. The summed E-state index contributed by atoms with van der Waals surface area (Å²) in [6, 6.07) is 7.41. The molecule has 0 bridgehead atoms. The van der Waals surface area contributed by atoms with Crippen molar-refractivity contribution in [3.63, 3.8) is 0 Å². The van der Waals surface area contributed by atoms with Crippen LogP contribution in [0.4, 0.5) is 4.79 Å². The van der Waals surface area contributed by atoms with Crippen LogP contribution in [0.3, 0.4) is 0 Å². The number of hydrogen-bond donors (Lipinski definition) is 3. The number of aliphatic carboxylic acids is 1. The van der Waals surface area contributed by atoms with Gasteiger partial charge in [-0.2, -0.15) is 0 Å². The first-order chi connectivity index (χ1) is 9.56. The van der Waals surface area contributed by atoms with E-state index in [0.29, 0.717) is 18.7 Å². The Hall–Kier alpha value is -2.56. The first kappa shape index (κ1) is 13.9. The Morgan fingerprint density at radius 3 is 2.60 bits per heavy atom. The van der Waals surface area contributed by atoms with Gasteiger partial charge >= 0.3 is 12.0 Å². The van der Waals surface area contributed by atoms with E-state index < -0.39 is 12.0 Å². The first-order valence-electron chi connectivity index (χ1n) is 6.29. The standard InChI is InChI=1S/C15H16N2O3/c1-10-5-7-11(8-6-10)9-16-15(20)17-13-4-2-3-12(13)14(18)19/h2,4-8H,3,9H2,1H3,(H,18,19)(H2,16,17,20). The maximum Gasteiger partial charge on any atom is 0.333 e. The second-order valence-electron chi connectivity index (χ2n) is 4.60. The summed E-state index contributed by atoms with van der Waals surface area (Å²) in [6.45, 7) is 2.39. The van der Waals surface area contributed by atoms with Crippen LogP contribution in [-0.4, -0.2) is 17.1 Å². The van der Waals surface area contributed by atoms with Gasteiger partial charge in [-0.25, -0.2) is 9.59 Å². The monoisotopic (exact) mass is 272 g/mol. The molecule has 1 aliphatic rings. The van der Waals surface area contributed by atoms with Crippen molar-refractivity contribution in [1.29, 1.82) is 0 Å². The maximum absolute atomic E-state index is 11.7. The van der Waals surface area contributed by atoms with Crippen LogP contribution in [0.1, 0.15) is 17.5 Å². The third-order valence-electron chi connectivity index (χ3n) is 3.01. The van der Waals surface area contributed by atoms with E-state index in [4.69, 9.17) is 5.11 Å². The zero-order valence-corrected chi connectivity index (χ0v) is 11.1. The third-order valence-corrected chi connectivity index (χ3v) is 3.01. The van der Waals surface area contributed by atoms with Crippen LogP contribution in [0.5, 0.6) is 0 Å². The van der Waals surface area contributed by atoms with E-state index in [1.165, 1.54) is 0 Å². The second-order valence-corrected chi connectivity index (χ2v) is 4.60. The molecule has 5 nitrogen and oxygen atoms in total. The molecular weight excluding hydrogens is 256 g/mol. The van der Waals surface area contributed by atoms with Gasteiger partial charge in [-0.05, 0) is 25.0 Å². The van der Waals surface area contributed by atoms with Gasteiger partial charge in [-0.15, -0.1) is 0 Å². The minimum atomic E-state index is -1.01. The molecule has 0 unspecified atom stereocenters. The molecule has 1 aromatic rings. The molecule has 0 aliphatic heterocycles. The molecule has 1 aromatic carbocycles. The molecular formula is C15H16N2O3. The van der Waals surface area contributed by atoms with Gasteiger partial charge in [0.05, 0.1) is 11.3 Å². The van der Waals surface area contributed by atoms with E-state index in [2.05, 4.69) is 10.6 Å². The van der Waals surface area contributed by atoms with Crippen LogP contribution in [0.15, 0.2) is 47.7 Å². The van der Waals surface area contributed by atoms with Crippen LogP contribution in [0.2, 0.25) is 0 Å². The highest BCUT2D eigenvalue weighted by Crippen LogP contribution is 2.16. The van der Waals surface area contributed by atoms with Gasteiger partial charge in [0.25, 0.3) is 0 Å². The number of nitrogens with one attached hydrogen (secondary N) is 2. The second kappa shape index (κ2) is 6.06. The fraction of sp³-hybridized carbons (Fsp3) is 0.200. The van der Waals surface area contributed by atoms with E-state index >= 15 is 0 Å². The predicted octanol–water partition coefficient (Wildman–Crippen LogP) is 2.09. The molecule has 0 fully saturated rings. The lowest BCUT2D eigenvalue weighted by molar-refractivity contribution is -0.132. The van der Waals surface area contributed by atoms with Crippen molar-refractivity contribution in [1.82, 2.24) is 10.6 Å². The lowest BCUT2D eigenvalue weighted by atomic mass is 10.1. The maximum atomic E-state index is 11.7. The number of aryl methyl sites for hydroxylation is 1. The van der Waals surface area contributed by atoms with Gasteiger partial charge < -0.3 is 15.7 Å². The van der Waals surface area contributed by atoms with Crippen molar-refractivity contribution >= 4 is 12.0 Å². The SMILES string of the molecule is Cc1ccc(CNC(=O)NC2=C(C(=O)O)CC=C2)cc1. The smallest absolute Gasteiger partial charge is 0.333 e. The molecule has 0 saturated heterocycles. The average molecular weight is 272 g/mol. The summed E-state index contributed by atoms with van der Waals surface area (Å²) >= 11 is 0. The fourth-order valence-corrected chi connectivity index (χ4v) is 1.88. The van der Waals surface area contributed by atoms with Crippen LogP contribution < -0.4 is 10.6 Å². The summed E-state index contributed by atoms with van der Waals surface area (Å²) in [5.74, 6) is -1.01. The molecule has 104 valence electrons. The van der Waals surface area contributed by atoms with Gasteiger partial charge in [0, 0.05) is 6.54 Å². The Bertz CT molecular complexity index is 586. The number of hydrogen-bond acceptors (Lipinski definition) is 2. The van der Waals surface area contributed by atoms with Crippen molar-refractivity contribution in [2.45, 2.75) is 19.9 Å². The topological polar surface area (TPSA) is 78.4 Å². The Kier molecular flexibility index (Phi) is 4.20. The number of carbonyl (C=O) groups is 2. The number of carboxylic acids is 1. The molecule has 0 atom stereocenters. The molecule has 20 heavy (non-hydrogen) atoms. The summed E-state index contributed by atoms with van der Waals surface area (Å²) in [4.78, 5) is 22.7. The number of rotatable bonds is 4. The van der Waals surface area contributed by atoms with E-state index in [1.54, 1.807) is 12.2 Å². The molecule has 5 heteroatoms. The quantitative estimate of drug-likeness (QED) is 0.785. The molecule has 3 N–H and O–H groups in total. The number of carboxylic acid groups (broad SMARTS) is 1. The van der Waals surface area contributed by atoms with Crippen molar-refractivity contribution in [3.8, 4) is 0 Å². The zero-order chi connectivity index (χ0) is 14.5. The summed E-state index contributed by atoms with van der Waals surface area (Å²) in [5, 5.41) is 14.2. The van der Waals surface area contributed by atoms with Crippen molar-refractivity contribution < 1.29 is 14.7 Å². The normalized spacial score (nSPS) is 13.4. The van der Waals surface area contributed by atoms with Crippen molar-refractivity contribution in [2.75, 3.05) is 0 Å². The fourth-order valence-electron chi connectivity index (χ4n) is 1.88. The lowest BCUT2D eigenvalue weighted by Crippen LogP contribution is -2.34. The molecule has 0 saturated carbocycles. The van der Waals surface area contributed by atoms with Crippen molar-refractivity contribution in [2.24, 2.45) is 0 Å².